The number of nitrogens with two attached hydrogens (primary N) is 2. The molecule has 0 spiro atoms. The minimum Gasteiger partial charge on any atom is -0.397 e. The molecule has 1 aromatic carbocycles. The zero-order valence-corrected chi connectivity index (χ0v) is 16.8. The lowest BCUT2D eigenvalue weighted by atomic mass is 10.0. The molecule has 152 valence electrons. The first kappa shape index (κ1) is 19.7. The number of anilines is 1. The second-order valence-electron chi connectivity index (χ2n) is 6.51. The molecule has 29 heavy (non-hydrogen) atoms. The van der Waals surface area contributed by atoms with Crippen LogP contribution in [0, 0.1) is 0 Å². The van der Waals surface area contributed by atoms with Crippen LogP contribution in [0.25, 0.3) is 22.5 Å². The molecule has 3 heterocycles. The Kier molecular flexibility index (Phi) is 5.47. The average Bonchev–Trinajstić information content (AvgIpc) is 3.38. The SMILES string of the molecule is Nc1cncc(-c2ccc(SN[C@@H]3CCNC3)c(S(N)(=O)=O)c2-c2nn[nH]n2)c1. The van der Waals surface area contributed by atoms with Crippen molar-refractivity contribution in [2.24, 2.45) is 5.14 Å². The van der Waals surface area contributed by atoms with Crippen LogP contribution in [-0.2, 0) is 10.0 Å². The Morgan fingerprint density at radius 3 is 2.79 bits per heavy atom. The van der Waals surface area contributed by atoms with Crippen LogP contribution < -0.4 is 20.9 Å². The number of hydrogen-bond donors (Lipinski definition) is 5. The second kappa shape index (κ2) is 8.04. The van der Waals surface area contributed by atoms with E-state index in [4.69, 9.17) is 10.9 Å². The first-order valence-electron chi connectivity index (χ1n) is 8.71. The van der Waals surface area contributed by atoms with E-state index in [-0.39, 0.29) is 22.3 Å². The molecule has 0 saturated carbocycles. The Bertz CT molecular complexity index is 1110. The number of primary sulfonamides is 1. The van der Waals surface area contributed by atoms with Crippen LogP contribution in [0.1, 0.15) is 6.42 Å². The Labute approximate surface area is 171 Å². The van der Waals surface area contributed by atoms with Gasteiger partial charge in [0, 0.05) is 35.4 Å². The first-order valence-corrected chi connectivity index (χ1v) is 11.1. The van der Waals surface area contributed by atoms with Gasteiger partial charge < -0.3 is 11.1 Å². The average molecular weight is 434 g/mol. The van der Waals surface area contributed by atoms with Crippen molar-refractivity contribution in [2.45, 2.75) is 22.3 Å². The molecule has 0 aliphatic carbocycles. The van der Waals surface area contributed by atoms with Crippen molar-refractivity contribution in [3.63, 3.8) is 0 Å². The van der Waals surface area contributed by atoms with Gasteiger partial charge in [0.1, 0.15) is 4.90 Å². The smallest absolute Gasteiger partial charge is 0.239 e. The van der Waals surface area contributed by atoms with Crippen molar-refractivity contribution < 1.29 is 8.42 Å². The van der Waals surface area contributed by atoms with E-state index in [1.807, 2.05) is 0 Å². The van der Waals surface area contributed by atoms with E-state index in [2.05, 4.69) is 35.6 Å². The molecule has 1 aliphatic heterocycles. The second-order valence-corrected chi connectivity index (χ2v) is 8.89. The highest BCUT2D eigenvalue weighted by Gasteiger charge is 2.27. The Balaban J connectivity index is 1.89. The van der Waals surface area contributed by atoms with Gasteiger partial charge in [-0.1, -0.05) is 6.07 Å². The molecule has 1 saturated heterocycles. The molecular formula is C16H19N9O2S2. The van der Waals surface area contributed by atoms with Gasteiger partial charge in [0.15, 0.2) is 0 Å². The van der Waals surface area contributed by atoms with Gasteiger partial charge in [-0.15, -0.1) is 10.2 Å². The normalized spacial score (nSPS) is 16.9. The van der Waals surface area contributed by atoms with Gasteiger partial charge in [0.2, 0.25) is 15.8 Å². The quantitative estimate of drug-likeness (QED) is 0.335. The summed E-state index contributed by atoms with van der Waals surface area (Å²) in [5.74, 6) is 0.108. The van der Waals surface area contributed by atoms with Crippen molar-refractivity contribution in [3.05, 3.63) is 30.6 Å². The summed E-state index contributed by atoms with van der Waals surface area (Å²) in [6.07, 6.45) is 4.03. The highest BCUT2D eigenvalue weighted by molar-refractivity contribution is 7.98. The van der Waals surface area contributed by atoms with Gasteiger partial charge in [0.25, 0.3) is 0 Å². The molecule has 2 aromatic heterocycles. The van der Waals surface area contributed by atoms with Crippen LogP contribution in [0.15, 0.2) is 40.4 Å². The molecule has 4 rings (SSSR count). The highest BCUT2D eigenvalue weighted by atomic mass is 32.2. The van der Waals surface area contributed by atoms with E-state index in [0.717, 1.165) is 19.5 Å². The van der Waals surface area contributed by atoms with E-state index in [1.165, 1.54) is 18.1 Å². The summed E-state index contributed by atoms with van der Waals surface area (Å²) in [6, 6.07) is 5.38. The maximum atomic E-state index is 12.6. The third-order valence-corrected chi connectivity index (χ3v) is 6.57. The molecule has 0 radical (unpaired) electrons. The fourth-order valence-electron chi connectivity index (χ4n) is 3.16. The maximum absolute atomic E-state index is 12.6. The van der Waals surface area contributed by atoms with Crippen molar-refractivity contribution in [3.8, 4) is 22.5 Å². The number of aromatic nitrogens is 5. The van der Waals surface area contributed by atoms with Crippen LogP contribution in [0.5, 0.6) is 0 Å². The van der Waals surface area contributed by atoms with E-state index in [0.29, 0.717) is 21.7 Å². The molecule has 1 aliphatic rings. The first-order chi connectivity index (χ1) is 13.9. The van der Waals surface area contributed by atoms with Gasteiger partial charge in [-0.05, 0) is 47.8 Å². The number of hydrogen-bond acceptors (Lipinski definition) is 10. The monoisotopic (exact) mass is 433 g/mol. The number of nitrogens with one attached hydrogen (secondary N) is 3. The summed E-state index contributed by atoms with van der Waals surface area (Å²) in [4.78, 5) is 4.45. The number of sulfonamides is 1. The Morgan fingerprint density at radius 1 is 1.28 bits per heavy atom. The molecule has 0 amide bonds. The van der Waals surface area contributed by atoms with Gasteiger partial charge in [-0.25, -0.2) is 13.6 Å². The zero-order chi connectivity index (χ0) is 20.4. The number of nitrogens with zero attached hydrogens (tertiary/aromatic N) is 4. The number of aromatic amines is 1. The lowest BCUT2D eigenvalue weighted by molar-refractivity contribution is 0.596. The van der Waals surface area contributed by atoms with Gasteiger partial charge in [-0.3, -0.25) is 9.71 Å². The lowest BCUT2D eigenvalue weighted by Crippen LogP contribution is -2.26. The lowest BCUT2D eigenvalue weighted by Gasteiger charge is -2.17. The third kappa shape index (κ3) is 4.23. The molecule has 13 heteroatoms. The Morgan fingerprint density at radius 2 is 2.14 bits per heavy atom. The van der Waals surface area contributed by atoms with Crippen LogP contribution in [0.2, 0.25) is 0 Å². The van der Waals surface area contributed by atoms with E-state index < -0.39 is 10.0 Å². The van der Waals surface area contributed by atoms with Crippen LogP contribution in [-0.4, -0.2) is 53.2 Å². The predicted molar refractivity (Wildman–Crippen MR) is 109 cm³/mol. The molecule has 1 atom stereocenters. The fraction of sp³-hybridized carbons (Fsp3) is 0.250. The zero-order valence-electron chi connectivity index (χ0n) is 15.2. The van der Waals surface area contributed by atoms with Gasteiger partial charge in [-0.2, -0.15) is 5.21 Å². The van der Waals surface area contributed by atoms with Gasteiger partial charge >= 0.3 is 0 Å². The molecule has 0 unspecified atom stereocenters. The number of nitrogen functional groups attached to an aromatic ring is 1. The minimum atomic E-state index is -4.13. The molecule has 7 N–H and O–H groups in total. The van der Waals surface area contributed by atoms with Gasteiger partial charge in [0.05, 0.1) is 11.3 Å². The molecule has 3 aromatic rings. The largest absolute Gasteiger partial charge is 0.397 e. The van der Waals surface area contributed by atoms with Crippen molar-refractivity contribution >= 4 is 27.7 Å². The predicted octanol–water partition coefficient (Wildman–Crippen LogP) is 0.117. The molecule has 0 bridgehead atoms. The number of tetrazole rings is 1. The van der Waals surface area contributed by atoms with Crippen LogP contribution in [0.3, 0.4) is 0 Å². The molecule has 1 fully saturated rings. The summed E-state index contributed by atoms with van der Waals surface area (Å²) in [6.45, 7) is 1.72. The summed E-state index contributed by atoms with van der Waals surface area (Å²) in [5, 5.41) is 22.8. The fourth-order valence-corrected chi connectivity index (χ4v) is 5.30. The topological polar surface area (TPSA) is 178 Å². The number of rotatable bonds is 6. The summed E-state index contributed by atoms with van der Waals surface area (Å²) >= 11 is 1.21. The Hall–Kier alpha value is -2.58. The molecular weight excluding hydrogens is 414 g/mol. The van der Waals surface area contributed by atoms with Crippen molar-refractivity contribution in [1.82, 2.24) is 35.6 Å². The maximum Gasteiger partial charge on any atom is 0.239 e. The summed E-state index contributed by atoms with van der Waals surface area (Å²) in [7, 11) is -4.13. The van der Waals surface area contributed by atoms with E-state index in [9.17, 15) is 8.42 Å². The number of pyridine rings is 1. The van der Waals surface area contributed by atoms with E-state index >= 15 is 0 Å². The van der Waals surface area contributed by atoms with Crippen LogP contribution >= 0.6 is 11.9 Å². The van der Waals surface area contributed by atoms with Crippen molar-refractivity contribution in [2.75, 3.05) is 18.8 Å². The summed E-state index contributed by atoms with van der Waals surface area (Å²) in [5.41, 5.74) is 7.68. The number of benzene rings is 1. The minimum absolute atomic E-state index is 0.0812. The number of H-pyrrole nitrogens is 1. The summed E-state index contributed by atoms with van der Waals surface area (Å²) < 4.78 is 28.5. The standard InChI is InChI=1S/C16H19N9O2S2/c17-10-5-9(6-20-7-10)12-1-2-13(28-23-11-3-4-19-8-11)15(29(18,26)27)14(12)16-21-24-25-22-16/h1-2,5-7,11,19,23H,3-4,8,17H2,(H2,18,26,27)(H,21,22,24,25)/t11-/m1/s1. The highest BCUT2D eigenvalue weighted by Crippen LogP contribution is 2.40. The van der Waals surface area contributed by atoms with E-state index in [1.54, 1.807) is 24.4 Å². The van der Waals surface area contributed by atoms with Crippen molar-refractivity contribution in [1.29, 1.82) is 0 Å². The third-order valence-electron chi connectivity index (χ3n) is 4.44. The van der Waals surface area contributed by atoms with Crippen LogP contribution in [0.4, 0.5) is 5.69 Å². The molecule has 11 nitrogen and oxygen atoms in total.